The molecule has 5 N–H and O–H groups in total. The third-order valence-corrected chi connectivity index (χ3v) is 14.9. The Morgan fingerprint density at radius 1 is 1.02 bits per heavy atom. The first-order valence-electron chi connectivity index (χ1n) is 18.4. The monoisotopic (exact) mass is 756 g/mol. The number of esters is 1. The molecule has 284 valence electrons. The molecular formula is C40H44N4O9S. The molecule has 54 heavy (non-hydrogen) atoms. The van der Waals surface area contributed by atoms with Crippen molar-refractivity contribution in [3.8, 4) is 34.5 Å². The smallest absolute Gasteiger partial charge is 0.333 e. The number of aliphatic hydroxyl groups excluding tert-OH is 1. The van der Waals surface area contributed by atoms with Gasteiger partial charge < -0.3 is 44.0 Å². The number of aliphatic hydroxyl groups is 1. The van der Waals surface area contributed by atoms with Crippen molar-refractivity contribution in [2.45, 2.75) is 74.3 Å². The lowest BCUT2D eigenvalue weighted by Crippen LogP contribution is -2.75. The van der Waals surface area contributed by atoms with Crippen LogP contribution < -0.4 is 24.3 Å². The van der Waals surface area contributed by atoms with Crippen LogP contribution in [-0.4, -0.2) is 101 Å². The lowest BCUT2D eigenvalue weighted by Gasteiger charge is -2.67. The molecule has 2 saturated heterocycles. The maximum Gasteiger partial charge on any atom is 0.333 e. The van der Waals surface area contributed by atoms with Crippen molar-refractivity contribution in [3.05, 3.63) is 68.9 Å². The van der Waals surface area contributed by atoms with E-state index in [9.17, 15) is 20.1 Å². The number of thioether (sulfide) groups is 1. The van der Waals surface area contributed by atoms with E-state index in [1.165, 1.54) is 11.8 Å². The molecular weight excluding hydrogens is 713 g/mol. The van der Waals surface area contributed by atoms with Crippen molar-refractivity contribution in [2.75, 3.05) is 47.0 Å². The molecule has 4 aromatic rings. The standard InChI is InChI=1S/C40H44N4O9S/c1-17-11-19-12-24-37(47)44-25-14-51-38(48)40(34-21(9-10-41-40)22-13-20(49-5)7-8-23(22)42-34)15-54-36(28-27(25)33-32(52-16-53-33)18(2)29(28)45)39(44,3)35(43(24)4)26(19)30(46)31(17)50-6/h7-8,11,13,24-25,35-37,41-42,45-47H,9-10,12,14-16H2,1-6H3/t24-,25-,35+,36+,37-,39+,40+/m0/s1. The van der Waals surface area contributed by atoms with E-state index in [0.29, 0.717) is 53.3 Å². The predicted molar refractivity (Wildman–Crippen MR) is 200 cm³/mol. The third kappa shape index (κ3) is 4.12. The number of carbonyl (C=O) groups is 1. The van der Waals surface area contributed by atoms with Crippen molar-refractivity contribution in [1.29, 1.82) is 0 Å². The Hall–Kier alpha value is -4.34. The molecule has 0 aliphatic carbocycles. The Bertz CT molecular complexity index is 2300. The summed E-state index contributed by atoms with van der Waals surface area (Å²) in [7, 11) is 5.19. The zero-order chi connectivity index (χ0) is 37.6. The number of aryl methyl sites for hydroxylation is 1. The average Bonchev–Trinajstić information content (AvgIpc) is 3.80. The van der Waals surface area contributed by atoms with E-state index in [1.807, 2.05) is 39.1 Å². The van der Waals surface area contributed by atoms with Crippen molar-refractivity contribution in [2.24, 2.45) is 0 Å². The van der Waals surface area contributed by atoms with Gasteiger partial charge in [-0.3, -0.25) is 15.1 Å². The number of nitrogens with one attached hydrogen (secondary N) is 2. The number of ether oxygens (including phenoxy) is 5. The first-order valence-corrected chi connectivity index (χ1v) is 19.5. The van der Waals surface area contributed by atoms with Gasteiger partial charge in [-0.05, 0) is 75.5 Å². The molecule has 11 rings (SSSR count). The number of hydrogen-bond acceptors (Lipinski definition) is 13. The Morgan fingerprint density at radius 2 is 1.81 bits per heavy atom. The summed E-state index contributed by atoms with van der Waals surface area (Å²) in [5.41, 5.74) is 4.74. The number of hydrogen-bond donors (Lipinski definition) is 5. The molecule has 0 radical (unpaired) electrons. The number of fused-ring (bicyclic) bond motifs is 11. The van der Waals surface area contributed by atoms with E-state index < -0.39 is 40.6 Å². The van der Waals surface area contributed by atoms with Crippen LogP contribution in [0.4, 0.5) is 0 Å². The number of nitrogens with zero attached hydrogens (tertiary/aromatic N) is 2. The lowest BCUT2D eigenvalue weighted by molar-refractivity contribution is -0.218. The average molecular weight is 757 g/mol. The van der Waals surface area contributed by atoms with E-state index in [-0.39, 0.29) is 36.7 Å². The molecule has 1 spiro atoms. The number of likely N-dealkylation sites (N-methyl/N-ethyl adjacent to an activating group) is 1. The molecule has 7 aliphatic heterocycles. The van der Waals surface area contributed by atoms with Crippen molar-refractivity contribution >= 4 is 28.6 Å². The van der Waals surface area contributed by atoms with Gasteiger partial charge in [0, 0.05) is 45.5 Å². The van der Waals surface area contributed by atoms with Crippen LogP contribution >= 0.6 is 11.8 Å². The number of piperazine rings is 1. The summed E-state index contributed by atoms with van der Waals surface area (Å²) < 4.78 is 29.9. The van der Waals surface area contributed by atoms with Crippen LogP contribution in [-0.2, 0) is 27.9 Å². The minimum atomic E-state index is -1.26. The summed E-state index contributed by atoms with van der Waals surface area (Å²) in [6, 6.07) is 6.34. The Labute approximate surface area is 316 Å². The molecule has 14 heteroatoms. The molecule has 7 aliphatic rings. The van der Waals surface area contributed by atoms with Crippen LogP contribution in [0.3, 0.4) is 0 Å². The number of methoxy groups -OCH3 is 2. The fraction of sp³-hybridized carbons (Fsp3) is 0.475. The van der Waals surface area contributed by atoms with Gasteiger partial charge in [-0.1, -0.05) is 6.07 Å². The van der Waals surface area contributed by atoms with Crippen LogP contribution in [0.5, 0.6) is 34.5 Å². The summed E-state index contributed by atoms with van der Waals surface area (Å²) in [5.74, 6) is 2.01. The number of H-pyrrole nitrogens is 1. The van der Waals surface area contributed by atoms with Crippen LogP contribution in [0.15, 0.2) is 24.3 Å². The third-order valence-electron chi connectivity index (χ3n) is 13.2. The number of aromatic hydroxyl groups is 2. The van der Waals surface area contributed by atoms with Crippen molar-refractivity contribution in [3.63, 3.8) is 0 Å². The fourth-order valence-corrected chi connectivity index (χ4v) is 12.6. The minimum absolute atomic E-state index is 0.0223. The quantitative estimate of drug-likeness (QED) is 0.184. The lowest BCUT2D eigenvalue weighted by atomic mass is 9.66. The highest BCUT2D eigenvalue weighted by molar-refractivity contribution is 7.99. The largest absolute Gasteiger partial charge is 0.507 e. The van der Waals surface area contributed by atoms with Gasteiger partial charge in [-0.2, -0.15) is 0 Å². The second kappa shape index (κ2) is 11.6. The highest BCUT2D eigenvalue weighted by Gasteiger charge is 2.67. The normalized spacial score (nSPS) is 31.1. The molecule has 0 unspecified atom stereocenters. The fourth-order valence-electron chi connectivity index (χ4n) is 10.9. The predicted octanol–water partition coefficient (Wildman–Crippen LogP) is 4.36. The van der Waals surface area contributed by atoms with Gasteiger partial charge in [-0.15, -0.1) is 11.8 Å². The summed E-state index contributed by atoms with van der Waals surface area (Å²) in [5, 5.41) is 41.1. The van der Waals surface area contributed by atoms with Gasteiger partial charge in [0.25, 0.3) is 0 Å². The van der Waals surface area contributed by atoms with E-state index in [2.05, 4.69) is 33.1 Å². The number of rotatable bonds is 2. The van der Waals surface area contributed by atoms with Crippen molar-refractivity contribution < 1.29 is 43.8 Å². The maximum atomic E-state index is 14.8. The number of phenolic OH excluding ortho intramolecular Hbond substituents is 2. The van der Waals surface area contributed by atoms with Gasteiger partial charge in [0.1, 0.15) is 24.3 Å². The van der Waals surface area contributed by atoms with Crippen LogP contribution in [0.2, 0.25) is 0 Å². The molecule has 1 aromatic heterocycles. The second-order valence-corrected chi connectivity index (χ2v) is 16.8. The first-order chi connectivity index (χ1) is 26.0. The Kier molecular flexibility index (Phi) is 7.33. The highest BCUT2D eigenvalue weighted by atomic mass is 32.2. The Balaban J connectivity index is 1.23. The number of phenols is 2. The summed E-state index contributed by atoms with van der Waals surface area (Å²) in [6.07, 6.45) is 0.152. The van der Waals surface area contributed by atoms with Crippen LogP contribution in [0.1, 0.15) is 68.9 Å². The SMILES string of the molecule is COc1ccc2[nH]c3c(c2c1)CCN[C@]31CS[C@@H]2c3c(O)c(C)c4c(c3[C@H](COC1=O)N1[C@@H](O)[C@@H]3Cc5cc(C)c(OC)c(O)c5[C@@H](N3C)[C@]21C)OCO4. The molecule has 7 atom stereocenters. The first kappa shape index (κ1) is 34.2. The molecule has 4 bridgehead atoms. The molecule has 2 fully saturated rings. The second-order valence-electron chi connectivity index (χ2n) is 15.7. The summed E-state index contributed by atoms with van der Waals surface area (Å²) >= 11 is 1.53. The van der Waals surface area contributed by atoms with E-state index in [1.54, 1.807) is 14.2 Å². The number of aromatic amines is 1. The van der Waals surface area contributed by atoms with Crippen LogP contribution in [0.25, 0.3) is 10.9 Å². The minimum Gasteiger partial charge on any atom is -0.507 e. The molecule has 0 amide bonds. The van der Waals surface area contributed by atoms with Gasteiger partial charge in [0.15, 0.2) is 28.5 Å². The molecule has 8 heterocycles. The van der Waals surface area contributed by atoms with Gasteiger partial charge >= 0.3 is 5.97 Å². The molecule has 3 aromatic carbocycles. The topological polar surface area (TPSA) is 158 Å². The Morgan fingerprint density at radius 3 is 2.59 bits per heavy atom. The van der Waals surface area contributed by atoms with Crippen molar-refractivity contribution in [1.82, 2.24) is 20.1 Å². The number of aromatic nitrogens is 1. The zero-order valence-electron chi connectivity index (χ0n) is 31.0. The maximum absolute atomic E-state index is 14.8. The van der Waals surface area contributed by atoms with E-state index in [4.69, 9.17) is 23.7 Å². The van der Waals surface area contributed by atoms with Gasteiger partial charge in [0.2, 0.25) is 6.79 Å². The molecule has 13 nitrogen and oxygen atoms in total. The number of carbonyl (C=O) groups excluding carboxylic acids is 1. The highest BCUT2D eigenvalue weighted by Crippen LogP contribution is 2.68. The number of benzene rings is 3. The zero-order valence-corrected chi connectivity index (χ0v) is 31.8. The van der Waals surface area contributed by atoms with E-state index >= 15 is 0 Å². The summed E-state index contributed by atoms with van der Waals surface area (Å²) in [4.78, 5) is 22.6. The van der Waals surface area contributed by atoms with E-state index in [0.717, 1.165) is 44.6 Å². The summed E-state index contributed by atoms with van der Waals surface area (Å²) in [6.45, 7) is 6.22. The van der Waals surface area contributed by atoms with Gasteiger partial charge in [-0.25, -0.2) is 4.79 Å². The van der Waals surface area contributed by atoms with Gasteiger partial charge in [0.05, 0.1) is 48.8 Å². The molecule has 0 saturated carbocycles. The van der Waals surface area contributed by atoms with Crippen LogP contribution in [0, 0.1) is 13.8 Å².